The molecule has 0 aliphatic heterocycles. The molecule has 5 heteroatoms. The predicted octanol–water partition coefficient (Wildman–Crippen LogP) is 1.49. The quantitative estimate of drug-likeness (QED) is 0.847. The van der Waals surface area contributed by atoms with Gasteiger partial charge in [-0.1, -0.05) is 0 Å². The van der Waals surface area contributed by atoms with E-state index in [1.165, 1.54) is 12.8 Å². The zero-order valence-electron chi connectivity index (χ0n) is 9.51. The first-order chi connectivity index (χ1) is 7.72. The summed E-state index contributed by atoms with van der Waals surface area (Å²) >= 11 is 0. The normalized spacial score (nSPS) is 15.4. The average molecular weight is 217 g/mol. The summed E-state index contributed by atoms with van der Waals surface area (Å²) in [5.41, 5.74) is 2.07. The molecule has 16 heavy (non-hydrogen) atoms. The van der Waals surface area contributed by atoms with Crippen LogP contribution in [0.5, 0.6) is 0 Å². The average Bonchev–Trinajstić information content (AvgIpc) is 2.82. The minimum absolute atomic E-state index is 0.609. The van der Waals surface area contributed by atoms with Crippen LogP contribution < -0.4 is 5.32 Å². The summed E-state index contributed by atoms with van der Waals surface area (Å²) in [4.78, 5) is 4.49. The molecule has 0 saturated heterocycles. The lowest BCUT2D eigenvalue weighted by Crippen LogP contribution is -2.07. The van der Waals surface area contributed by atoms with Gasteiger partial charge in [-0.25, -0.2) is 4.98 Å². The Morgan fingerprint density at radius 3 is 2.81 bits per heavy atom. The smallest absolute Gasteiger partial charge is 0.208 e. The molecule has 3 rings (SSSR count). The van der Waals surface area contributed by atoms with Gasteiger partial charge in [0.05, 0.1) is 17.6 Å². The Morgan fingerprint density at radius 1 is 1.38 bits per heavy atom. The van der Waals surface area contributed by atoms with E-state index >= 15 is 0 Å². The van der Waals surface area contributed by atoms with Crippen LogP contribution >= 0.6 is 0 Å². The Balaban J connectivity index is 1.97. The van der Waals surface area contributed by atoms with Crippen molar-refractivity contribution in [3.8, 4) is 5.69 Å². The standard InChI is InChI=1S/C11H15N5/c1-8-6-16(10-5-12-15(2)7-10)11(13-8)14-9-3-4-9/h5-7,9H,3-4H2,1-2H3,(H,13,14). The maximum absolute atomic E-state index is 4.49. The van der Waals surface area contributed by atoms with E-state index in [1.807, 2.05) is 32.6 Å². The van der Waals surface area contributed by atoms with Crippen LogP contribution in [-0.4, -0.2) is 25.4 Å². The molecule has 1 saturated carbocycles. The summed E-state index contributed by atoms with van der Waals surface area (Å²) in [6, 6.07) is 0.609. The highest BCUT2D eigenvalue weighted by Gasteiger charge is 2.23. The Morgan fingerprint density at radius 2 is 2.19 bits per heavy atom. The van der Waals surface area contributed by atoms with E-state index in [0.29, 0.717) is 6.04 Å². The topological polar surface area (TPSA) is 47.7 Å². The van der Waals surface area contributed by atoms with E-state index in [1.54, 1.807) is 4.68 Å². The molecule has 0 amide bonds. The second-order valence-electron chi connectivity index (χ2n) is 4.37. The maximum Gasteiger partial charge on any atom is 0.208 e. The predicted molar refractivity (Wildman–Crippen MR) is 61.7 cm³/mol. The number of aromatic nitrogens is 4. The number of anilines is 1. The molecular weight excluding hydrogens is 202 g/mol. The molecule has 2 aromatic rings. The van der Waals surface area contributed by atoms with E-state index in [4.69, 9.17) is 0 Å². The Kier molecular flexibility index (Phi) is 1.99. The summed E-state index contributed by atoms with van der Waals surface area (Å²) in [6.07, 6.45) is 8.36. The number of aryl methyl sites for hydroxylation is 2. The van der Waals surface area contributed by atoms with E-state index in [0.717, 1.165) is 17.3 Å². The molecule has 1 fully saturated rings. The van der Waals surface area contributed by atoms with Gasteiger partial charge in [0.1, 0.15) is 0 Å². The Bertz CT molecular complexity index is 506. The van der Waals surface area contributed by atoms with Gasteiger partial charge in [-0.05, 0) is 19.8 Å². The van der Waals surface area contributed by atoms with E-state index in [-0.39, 0.29) is 0 Å². The first kappa shape index (κ1) is 9.45. The van der Waals surface area contributed by atoms with Crippen LogP contribution in [0.2, 0.25) is 0 Å². The third-order valence-corrected chi connectivity index (χ3v) is 2.71. The van der Waals surface area contributed by atoms with Crippen molar-refractivity contribution in [1.29, 1.82) is 0 Å². The molecule has 0 spiro atoms. The van der Waals surface area contributed by atoms with Gasteiger partial charge in [0, 0.05) is 25.5 Å². The van der Waals surface area contributed by atoms with Crippen LogP contribution in [-0.2, 0) is 7.05 Å². The van der Waals surface area contributed by atoms with Crippen molar-refractivity contribution in [2.45, 2.75) is 25.8 Å². The molecule has 0 unspecified atom stereocenters. The molecule has 1 N–H and O–H groups in total. The maximum atomic E-state index is 4.49. The summed E-state index contributed by atoms with van der Waals surface area (Å²) in [6.45, 7) is 2.00. The van der Waals surface area contributed by atoms with Gasteiger partial charge in [0.15, 0.2) is 0 Å². The highest BCUT2D eigenvalue weighted by atomic mass is 15.3. The number of nitrogens with zero attached hydrogens (tertiary/aromatic N) is 4. The number of hydrogen-bond acceptors (Lipinski definition) is 3. The van der Waals surface area contributed by atoms with E-state index < -0.39 is 0 Å². The molecule has 84 valence electrons. The number of rotatable bonds is 3. The zero-order valence-corrected chi connectivity index (χ0v) is 9.51. The van der Waals surface area contributed by atoms with Crippen LogP contribution in [0.1, 0.15) is 18.5 Å². The minimum atomic E-state index is 0.609. The van der Waals surface area contributed by atoms with Crippen LogP contribution in [0.15, 0.2) is 18.6 Å². The monoisotopic (exact) mass is 217 g/mol. The lowest BCUT2D eigenvalue weighted by Gasteiger charge is -2.05. The van der Waals surface area contributed by atoms with Crippen LogP contribution in [0.4, 0.5) is 5.95 Å². The van der Waals surface area contributed by atoms with E-state index in [9.17, 15) is 0 Å². The lowest BCUT2D eigenvalue weighted by molar-refractivity contribution is 0.767. The fraction of sp³-hybridized carbons (Fsp3) is 0.455. The fourth-order valence-electron chi connectivity index (χ4n) is 1.74. The number of imidazole rings is 1. The summed E-state index contributed by atoms with van der Waals surface area (Å²) < 4.78 is 3.85. The highest BCUT2D eigenvalue weighted by molar-refractivity contribution is 5.42. The van der Waals surface area contributed by atoms with Gasteiger partial charge in [-0.2, -0.15) is 5.10 Å². The van der Waals surface area contributed by atoms with Crippen molar-refractivity contribution in [2.75, 3.05) is 5.32 Å². The molecule has 5 nitrogen and oxygen atoms in total. The zero-order chi connectivity index (χ0) is 11.1. The minimum Gasteiger partial charge on any atom is -0.353 e. The Hall–Kier alpha value is -1.78. The van der Waals surface area contributed by atoms with Gasteiger partial charge in [0.2, 0.25) is 5.95 Å². The van der Waals surface area contributed by atoms with Crippen molar-refractivity contribution in [3.63, 3.8) is 0 Å². The molecule has 0 aromatic carbocycles. The van der Waals surface area contributed by atoms with Crippen LogP contribution in [0.25, 0.3) is 5.69 Å². The summed E-state index contributed by atoms with van der Waals surface area (Å²) in [5, 5.41) is 7.61. The van der Waals surface area contributed by atoms with Crippen molar-refractivity contribution in [1.82, 2.24) is 19.3 Å². The second-order valence-corrected chi connectivity index (χ2v) is 4.37. The molecule has 0 atom stereocenters. The van der Waals surface area contributed by atoms with Crippen molar-refractivity contribution >= 4 is 5.95 Å². The van der Waals surface area contributed by atoms with Crippen molar-refractivity contribution < 1.29 is 0 Å². The summed E-state index contributed by atoms with van der Waals surface area (Å²) in [5.74, 6) is 0.924. The third kappa shape index (κ3) is 1.68. The second kappa shape index (κ2) is 3.37. The largest absolute Gasteiger partial charge is 0.353 e. The molecule has 0 radical (unpaired) electrons. The number of nitrogens with one attached hydrogen (secondary N) is 1. The van der Waals surface area contributed by atoms with Crippen molar-refractivity contribution in [2.24, 2.45) is 7.05 Å². The van der Waals surface area contributed by atoms with Crippen LogP contribution in [0.3, 0.4) is 0 Å². The molecular formula is C11H15N5. The van der Waals surface area contributed by atoms with Crippen LogP contribution in [0, 0.1) is 6.92 Å². The fourth-order valence-corrected chi connectivity index (χ4v) is 1.74. The highest BCUT2D eigenvalue weighted by Crippen LogP contribution is 2.25. The molecule has 1 aliphatic rings. The van der Waals surface area contributed by atoms with Gasteiger partial charge in [-0.3, -0.25) is 9.25 Å². The van der Waals surface area contributed by atoms with Gasteiger partial charge in [-0.15, -0.1) is 0 Å². The molecule has 2 aromatic heterocycles. The van der Waals surface area contributed by atoms with Gasteiger partial charge >= 0.3 is 0 Å². The molecule has 2 heterocycles. The molecule has 1 aliphatic carbocycles. The Labute approximate surface area is 94.1 Å². The first-order valence-electron chi connectivity index (χ1n) is 5.54. The molecule has 0 bridgehead atoms. The van der Waals surface area contributed by atoms with Gasteiger partial charge in [0.25, 0.3) is 0 Å². The van der Waals surface area contributed by atoms with E-state index in [2.05, 4.69) is 20.0 Å². The first-order valence-corrected chi connectivity index (χ1v) is 5.54. The third-order valence-electron chi connectivity index (χ3n) is 2.71. The summed E-state index contributed by atoms with van der Waals surface area (Å²) in [7, 11) is 1.92. The van der Waals surface area contributed by atoms with Crippen molar-refractivity contribution in [3.05, 3.63) is 24.3 Å². The SMILES string of the molecule is Cc1cn(-c2cnn(C)c2)c(NC2CC2)n1. The number of hydrogen-bond donors (Lipinski definition) is 1. The lowest BCUT2D eigenvalue weighted by atomic mass is 10.5. The van der Waals surface area contributed by atoms with Gasteiger partial charge < -0.3 is 5.32 Å².